The van der Waals surface area contributed by atoms with Crippen molar-refractivity contribution in [2.75, 3.05) is 0 Å². The van der Waals surface area contributed by atoms with Crippen molar-refractivity contribution in [2.45, 2.75) is 6.04 Å². The Balaban J connectivity index is 2.50. The molecule has 0 aliphatic heterocycles. The summed E-state index contributed by atoms with van der Waals surface area (Å²) in [6, 6.07) is 7.99. The summed E-state index contributed by atoms with van der Waals surface area (Å²) in [5.74, 6) is 3.61. The molecule has 0 spiro atoms. The Hall–Kier alpha value is -1.20. The molecule has 0 bridgehead atoms. The Labute approximate surface area is 119 Å². The Bertz CT molecular complexity index is 605. The summed E-state index contributed by atoms with van der Waals surface area (Å²) in [5.41, 5.74) is 3.55. The molecule has 100 valence electrons. The number of nitrogens with one attached hydrogen (secondary N) is 1. The van der Waals surface area contributed by atoms with Crippen molar-refractivity contribution >= 4 is 23.2 Å². The van der Waals surface area contributed by atoms with E-state index in [2.05, 4.69) is 5.43 Å². The van der Waals surface area contributed by atoms with Gasteiger partial charge in [-0.25, -0.2) is 14.2 Å². The summed E-state index contributed by atoms with van der Waals surface area (Å²) in [5, 5.41) is 0.679. The Kier molecular flexibility index (Phi) is 4.37. The molecule has 0 aliphatic carbocycles. The normalized spacial score (nSPS) is 12.5. The molecule has 0 aliphatic rings. The van der Waals surface area contributed by atoms with Crippen LogP contribution in [0.5, 0.6) is 0 Å². The molecule has 0 radical (unpaired) electrons. The van der Waals surface area contributed by atoms with Gasteiger partial charge in [-0.3, -0.25) is 5.84 Å². The molecular weight excluding hydrogens is 293 g/mol. The number of benzene rings is 2. The van der Waals surface area contributed by atoms with Gasteiger partial charge in [-0.15, -0.1) is 0 Å². The minimum atomic E-state index is -0.948. The second kappa shape index (κ2) is 5.84. The number of halogens is 4. The number of hydrazine groups is 1. The molecule has 2 nitrogen and oxygen atoms in total. The SMILES string of the molecule is NNC(c1ccc(F)c(F)c1)c1cccc(Cl)c1Cl. The zero-order valence-corrected chi connectivity index (χ0v) is 11.1. The van der Waals surface area contributed by atoms with E-state index >= 15 is 0 Å². The van der Waals surface area contributed by atoms with Crippen molar-refractivity contribution in [3.05, 3.63) is 69.2 Å². The topological polar surface area (TPSA) is 38.0 Å². The van der Waals surface area contributed by atoms with Crippen LogP contribution >= 0.6 is 23.2 Å². The molecule has 0 heterocycles. The fraction of sp³-hybridized carbons (Fsp3) is 0.0769. The molecule has 0 aromatic heterocycles. The lowest BCUT2D eigenvalue weighted by Crippen LogP contribution is -2.29. The quantitative estimate of drug-likeness (QED) is 0.668. The molecule has 3 N–H and O–H groups in total. The first-order chi connectivity index (χ1) is 9.04. The third-order valence-electron chi connectivity index (χ3n) is 2.74. The van der Waals surface area contributed by atoms with Crippen LogP contribution in [0.3, 0.4) is 0 Å². The molecule has 1 atom stereocenters. The van der Waals surface area contributed by atoms with Crippen molar-refractivity contribution in [1.29, 1.82) is 0 Å². The fourth-order valence-corrected chi connectivity index (χ4v) is 2.22. The number of hydrogen-bond acceptors (Lipinski definition) is 2. The van der Waals surface area contributed by atoms with Gasteiger partial charge in [0.1, 0.15) is 0 Å². The fourth-order valence-electron chi connectivity index (χ4n) is 1.80. The van der Waals surface area contributed by atoms with Gasteiger partial charge in [0, 0.05) is 0 Å². The van der Waals surface area contributed by atoms with Crippen LogP contribution in [-0.4, -0.2) is 0 Å². The first-order valence-electron chi connectivity index (χ1n) is 5.39. The summed E-state index contributed by atoms with van der Waals surface area (Å²) in [7, 11) is 0. The maximum atomic E-state index is 13.3. The van der Waals surface area contributed by atoms with Crippen LogP contribution < -0.4 is 11.3 Å². The van der Waals surface area contributed by atoms with Crippen molar-refractivity contribution < 1.29 is 8.78 Å². The van der Waals surface area contributed by atoms with Crippen LogP contribution in [0.25, 0.3) is 0 Å². The summed E-state index contributed by atoms with van der Waals surface area (Å²) in [6.07, 6.45) is 0. The van der Waals surface area contributed by atoms with Gasteiger partial charge in [0.15, 0.2) is 11.6 Å². The molecule has 2 rings (SSSR count). The predicted octanol–water partition coefficient (Wildman–Crippen LogP) is 3.82. The first kappa shape index (κ1) is 14.2. The van der Waals surface area contributed by atoms with Gasteiger partial charge < -0.3 is 0 Å². The van der Waals surface area contributed by atoms with Crippen molar-refractivity contribution in [2.24, 2.45) is 5.84 Å². The standard InChI is InChI=1S/C13H10Cl2F2N2/c14-9-3-1-2-8(12(9)15)13(19-18)7-4-5-10(16)11(17)6-7/h1-6,13,19H,18H2. The van der Waals surface area contributed by atoms with Crippen molar-refractivity contribution in [3.8, 4) is 0 Å². The van der Waals surface area contributed by atoms with Crippen LogP contribution in [0.15, 0.2) is 36.4 Å². The van der Waals surface area contributed by atoms with Gasteiger partial charge >= 0.3 is 0 Å². The summed E-state index contributed by atoms with van der Waals surface area (Å²) >= 11 is 12.0. The Morgan fingerprint density at radius 2 is 1.79 bits per heavy atom. The minimum absolute atomic E-state index is 0.317. The smallest absolute Gasteiger partial charge is 0.159 e. The zero-order chi connectivity index (χ0) is 14.0. The monoisotopic (exact) mass is 302 g/mol. The van der Waals surface area contributed by atoms with Crippen LogP contribution in [0.2, 0.25) is 10.0 Å². The average molecular weight is 303 g/mol. The van der Waals surface area contributed by atoms with Crippen LogP contribution in [-0.2, 0) is 0 Å². The molecule has 2 aromatic rings. The van der Waals surface area contributed by atoms with Crippen LogP contribution in [0, 0.1) is 11.6 Å². The lowest BCUT2D eigenvalue weighted by molar-refractivity contribution is 0.504. The summed E-state index contributed by atoms with van der Waals surface area (Å²) in [6.45, 7) is 0. The third-order valence-corrected chi connectivity index (χ3v) is 3.57. The maximum absolute atomic E-state index is 13.3. The van der Waals surface area contributed by atoms with E-state index in [-0.39, 0.29) is 0 Å². The predicted molar refractivity (Wildman–Crippen MR) is 72.0 cm³/mol. The molecule has 6 heteroatoms. The third kappa shape index (κ3) is 2.87. The van der Waals surface area contributed by atoms with Gasteiger partial charge in [0.05, 0.1) is 16.1 Å². The molecule has 0 fully saturated rings. The number of nitrogens with two attached hydrogens (primary N) is 1. The van der Waals surface area contributed by atoms with Gasteiger partial charge in [-0.2, -0.15) is 0 Å². The molecule has 19 heavy (non-hydrogen) atoms. The molecular formula is C13H10Cl2F2N2. The Morgan fingerprint density at radius 1 is 1.05 bits per heavy atom. The summed E-state index contributed by atoms with van der Waals surface area (Å²) < 4.78 is 26.2. The van der Waals surface area contributed by atoms with E-state index in [4.69, 9.17) is 29.0 Å². The second-order valence-electron chi connectivity index (χ2n) is 3.92. The highest BCUT2D eigenvalue weighted by molar-refractivity contribution is 6.42. The van der Waals surface area contributed by atoms with E-state index in [1.54, 1.807) is 18.2 Å². The Morgan fingerprint density at radius 3 is 2.42 bits per heavy atom. The van der Waals surface area contributed by atoms with E-state index in [1.165, 1.54) is 6.07 Å². The second-order valence-corrected chi connectivity index (χ2v) is 4.70. The lowest BCUT2D eigenvalue weighted by atomic mass is 9.99. The minimum Gasteiger partial charge on any atom is -0.271 e. The maximum Gasteiger partial charge on any atom is 0.159 e. The van der Waals surface area contributed by atoms with Crippen molar-refractivity contribution in [1.82, 2.24) is 5.43 Å². The number of hydrogen-bond donors (Lipinski definition) is 2. The molecule has 0 saturated heterocycles. The van der Waals surface area contributed by atoms with E-state index in [1.807, 2.05) is 0 Å². The highest BCUT2D eigenvalue weighted by atomic mass is 35.5. The van der Waals surface area contributed by atoms with Crippen LogP contribution in [0.4, 0.5) is 8.78 Å². The van der Waals surface area contributed by atoms with Crippen LogP contribution in [0.1, 0.15) is 17.2 Å². The van der Waals surface area contributed by atoms with Gasteiger partial charge in [-0.1, -0.05) is 41.4 Å². The van der Waals surface area contributed by atoms with Gasteiger partial charge in [0.25, 0.3) is 0 Å². The lowest BCUT2D eigenvalue weighted by Gasteiger charge is -2.19. The molecule has 0 amide bonds. The largest absolute Gasteiger partial charge is 0.271 e. The molecule has 1 unspecified atom stereocenters. The first-order valence-corrected chi connectivity index (χ1v) is 6.15. The van der Waals surface area contributed by atoms with E-state index in [0.717, 1.165) is 12.1 Å². The molecule has 2 aromatic carbocycles. The summed E-state index contributed by atoms with van der Waals surface area (Å²) in [4.78, 5) is 0. The average Bonchev–Trinajstić information content (AvgIpc) is 2.39. The van der Waals surface area contributed by atoms with E-state index in [0.29, 0.717) is 21.2 Å². The highest BCUT2D eigenvalue weighted by Crippen LogP contribution is 2.33. The van der Waals surface area contributed by atoms with E-state index < -0.39 is 17.7 Å². The van der Waals surface area contributed by atoms with E-state index in [9.17, 15) is 8.78 Å². The van der Waals surface area contributed by atoms with Gasteiger partial charge in [-0.05, 0) is 29.3 Å². The number of rotatable bonds is 3. The van der Waals surface area contributed by atoms with Crippen molar-refractivity contribution in [3.63, 3.8) is 0 Å². The van der Waals surface area contributed by atoms with Gasteiger partial charge in [0.2, 0.25) is 0 Å². The highest BCUT2D eigenvalue weighted by Gasteiger charge is 2.18. The molecule has 0 saturated carbocycles. The zero-order valence-electron chi connectivity index (χ0n) is 9.63.